The summed E-state index contributed by atoms with van der Waals surface area (Å²) in [6.07, 6.45) is 0.973. The van der Waals surface area contributed by atoms with Gasteiger partial charge in [0.05, 0.1) is 9.77 Å². The second kappa shape index (κ2) is 7.86. The molecular weight excluding hydrogens is 372 g/mol. The Hall–Kier alpha value is -2.42. The summed E-state index contributed by atoms with van der Waals surface area (Å²) < 4.78 is 27.3. The molecule has 3 N–H and O–H groups in total. The van der Waals surface area contributed by atoms with Gasteiger partial charge in [-0.25, -0.2) is 13.1 Å². The van der Waals surface area contributed by atoms with Gasteiger partial charge in [-0.15, -0.1) is 0 Å². The van der Waals surface area contributed by atoms with Gasteiger partial charge in [-0.3, -0.25) is 9.78 Å². The van der Waals surface area contributed by atoms with Crippen molar-refractivity contribution in [3.8, 4) is 5.88 Å². The average Bonchev–Trinajstić information content (AvgIpc) is 2.93. The van der Waals surface area contributed by atoms with Gasteiger partial charge in [-0.1, -0.05) is 53.8 Å². The van der Waals surface area contributed by atoms with Gasteiger partial charge >= 0.3 is 4.87 Å². The molecule has 0 unspecified atom stereocenters. The van der Waals surface area contributed by atoms with Crippen LogP contribution in [0.15, 0.2) is 64.3 Å². The minimum atomic E-state index is -3.58. The standard InChI is InChI=1S/C18H18N2O4S2/c21-17-16(25-18(22)20-17)12-14-6-8-15(9-7-14)26(23,24)19-11-10-13-4-2-1-3-5-13/h1-9,19,21H,10-12H2,(H,20,22). The summed E-state index contributed by atoms with van der Waals surface area (Å²) in [6, 6.07) is 16.1. The average molecular weight is 390 g/mol. The molecule has 0 aliphatic carbocycles. The topological polar surface area (TPSA) is 99.3 Å². The summed E-state index contributed by atoms with van der Waals surface area (Å²) in [7, 11) is -3.58. The monoisotopic (exact) mass is 390 g/mol. The molecule has 2 aromatic carbocycles. The van der Waals surface area contributed by atoms with E-state index >= 15 is 0 Å². The van der Waals surface area contributed by atoms with Crippen LogP contribution in [-0.4, -0.2) is 25.1 Å². The lowest BCUT2D eigenvalue weighted by Gasteiger charge is -2.08. The molecule has 0 spiro atoms. The van der Waals surface area contributed by atoms with Crippen LogP contribution >= 0.6 is 11.3 Å². The number of aromatic amines is 1. The quantitative estimate of drug-likeness (QED) is 0.576. The van der Waals surface area contributed by atoms with Crippen molar-refractivity contribution in [1.29, 1.82) is 0 Å². The van der Waals surface area contributed by atoms with Gasteiger partial charge < -0.3 is 5.11 Å². The molecular formula is C18H18N2O4S2. The predicted molar refractivity (Wildman–Crippen MR) is 101 cm³/mol. The second-order valence-corrected chi connectivity index (χ2v) is 8.58. The van der Waals surface area contributed by atoms with Crippen molar-refractivity contribution in [2.75, 3.05) is 6.54 Å². The maximum Gasteiger partial charge on any atom is 0.307 e. The molecule has 0 saturated carbocycles. The fourth-order valence-corrected chi connectivity index (χ4v) is 4.29. The van der Waals surface area contributed by atoms with Crippen molar-refractivity contribution in [3.05, 3.63) is 80.3 Å². The minimum Gasteiger partial charge on any atom is -0.494 e. The Morgan fingerprint density at radius 2 is 1.69 bits per heavy atom. The zero-order chi connectivity index (χ0) is 18.6. The molecule has 1 heterocycles. The SMILES string of the molecule is O=c1[nH]c(O)c(Cc2ccc(S(=O)(=O)NCCc3ccccc3)cc2)s1. The molecule has 0 saturated heterocycles. The largest absolute Gasteiger partial charge is 0.494 e. The Bertz CT molecular complexity index is 1020. The molecule has 0 atom stereocenters. The lowest BCUT2D eigenvalue weighted by molar-refractivity contribution is 0.451. The first-order valence-electron chi connectivity index (χ1n) is 7.97. The summed E-state index contributed by atoms with van der Waals surface area (Å²) in [5.74, 6) is -0.140. The van der Waals surface area contributed by atoms with Crippen LogP contribution in [0, 0.1) is 0 Å². The van der Waals surface area contributed by atoms with Crippen LogP contribution in [0.4, 0.5) is 0 Å². The van der Waals surface area contributed by atoms with Gasteiger partial charge in [0, 0.05) is 13.0 Å². The van der Waals surface area contributed by atoms with E-state index in [2.05, 4.69) is 9.71 Å². The smallest absolute Gasteiger partial charge is 0.307 e. The maximum absolute atomic E-state index is 12.4. The number of rotatable bonds is 7. The van der Waals surface area contributed by atoms with Gasteiger partial charge in [-0.2, -0.15) is 0 Å². The lowest BCUT2D eigenvalue weighted by atomic mass is 10.1. The molecule has 0 bridgehead atoms. The molecule has 3 rings (SSSR count). The van der Waals surface area contributed by atoms with Crippen LogP contribution in [0.5, 0.6) is 5.88 Å². The molecule has 1 aromatic heterocycles. The van der Waals surface area contributed by atoms with E-state index in [1.807, 2.05) is 30.3 Å². The van der Waals surface area contributed by atoms with Gasteiger partial charge in [0.1, 0.15) is 0 Å². The number of aromatic nitrogens is 1. The molecule has 26 heavy (non-hydrogen) atoms. The summed E-state index contributed by atoms with van der Waals surface area (Å²) in [5, 5.41) is 9.62. The molecule has 0 fully saturated rings. The molecule has 6 nitrogen and oxygen atoms in total. The van der Waals surface area contributed by atoms with Crippen LogP contribution in [0.25, 0.3) is 0 Å². The molecule has 0 amide bonds. The van der Waals surface area contributed by atoms with Crippen molar-refractivity contribution in [1.82, 2.24) is 9.71 Å². The zero-order valence-corrected chi connectivity index (χ0v) is 15.4. The van der Waals surface area contributed by atoms with Crippen LogP contribution in [0.1, 0.15) is 16.0 Å². The molecule has 0 aliphatic heterocycles. The van der Waals surface area contributed by atoms with Crippen molar-refractivity contribution in [3.63, 3.8) is 0 Å². The highest BCUT2D eigenvalue weighted by atomic mass is 32.2. The van der Waals surface area contributed by atoms with E-state index in [0.29, 0.717) is 24.3 Å². The Kier molecular flexibility index (Phi) is 5.55. The third-order valence-electron chi connectivity index (χ3n) is 3.85. The highest BCUT2D eigenvalue weighted by Gasteiger charge is 2.14. The number of aromatic hydroxyl groups is 1. The van der Waals surface area contributed by atoms with Crippen LogP contribution < -0.4 is 9.60 Å². The number of hydrogen-bond donors (Lipinski definition) is 3. The summed E-state index contributed by atoms with van der Waals surface area (Å²) in [5.41, 5.74) is 1.87. The highest BCUT2D eigenvalue weighted by Crippen LogP contribution is 2.21. The van der Waals surface area contributed by atoms with E-state index in [0.717, 1.165) is 22.5 Å². The number of H-pyrrole nitrogens is 1. The van der Waals surface area contributed by atoms with Crippen molar-refractivity contribution < 1.29 is 13.5 Å². The van der Waals surface area contributed by atoms with Crippen LogP contribution in [0.3, 0.4) is 0 Å². The van der Waals surface area contributed by atoms with E-state index in [1.54, 1.807) is 12.1 Å². The van der Waals surface area contributed by atoms with E-state index in [4.69, 9.17) is 0 Å². The molecule has 136 valence electrons. The lowest BCUT2D eigenvalue weighted by Crippen LogP contribution is -2.26. The van der Waals surface area contributed by atoms with Crippen molar-refractivity contribution in [2.45, 2.75) is 17.7 Å². The van der Waals surface area contributed by atoms with Gasteiger partial charge in [0.25, 0.3) is 0 Å². The second-order valence-electron chi connectivity index (χ2n) is 5.74. The fourth-order valence-electron chi connectivity index (χ4n) is 2.50. The zero-order valence-electron chi connectivity index (χ0n) is 13.8. The van der Waals surface area contributed by atoms with Crippen LogP contribution in [-0.2, 0) is 22.9 Å². The van der Waals surface area contributed by atoms with E-state index in [9.17, 15) is 18.3 Å². The molecule has 0 aliphatic rings. The summed E-state index contributed by atoms with van der Waals surface area (Å²) in [4.78, 5) is 13.9. The fraction of sp³-hybridized carbons (Fsp3) is 0.167. The molecule has 8 heteroatoms. The maximum atomic E-state index is 12.4. The Labute approximate surface area is 155 Å². The van der Waals surface area contributed by atoms with Crippen LogP contribution in [0.2, 0.25) is 0 Å². The number of nitrogens with one attached hydrogen (secondary N) is 2. The minimum absolute atomic E-state index is 0.140. The Morgan fingerprint density at radius 1 is 1.00 bits per heavy atom. The molecule has 3 aromatic rings. The number of thiazole rings is 1. The first-order chi connectivity index (χ1) is 12.4. The number of hydrogen-bond acceptors (Lipinski definition) is 5. The number of benzene rings is 2. The highest BCUT2D eigenvalue weighted by molar-refractivity contribution is 7.89. The Morgan fingerprint density at radius 3 is 2.31 bits per heavy atom. The van der Waals surface area contributed by atoms with Gasteiger partial charge in [0.15, 0.2) is 0 Å². The summed E-state index contributed by atoms with van der Waals surface area (Å²) >= 11 is 0.936. The van der Waals surface area contributed by atoms with Gasteiger partial charge in [0.2, 0.25) is 15.9 Å². The summed E-state index contributed by atoms with van der Waals surface area (Å²) in [6.45, 7) is 0.319. The number of sulfonamides is 1. The van der Waals surface area contributed by atoms with Crippen molar-refractivity contribution >= 4 is 21.4 Å². The Balaban J connectivity index is 1.63. The van der Waals surface area contributed by atoms with Gasteiger partial charge in [-0.05, 0) is 29.7 Å². The third kappa shape index (κ3) is 4.60. The predicted octanol–water partition coefficient (Wildman–Crippen LogP) is 2.25. The van der Waals surface area contributed by atoms with E-state index in [1.165, 1.54) is 12.1 Å². The van der Waals surface area contributed by atoms with E-state index in [-0.39, 0.29) is 15.6 Å². The van der Waals surface area contributed by atoms with E-state index < -0.39 is 10.0 Å². The first kappa shape index (κ1) is 18.4. The first-order valence-corrected chi connectivity index (χ1v) is 10.3. The normalized spacial score (nSPS) is 11.5. The third-order valence-corrected chi connectivity index (χ3v) is 6.20. The molecule has 0 radical (unpaired) electrons. The van der Waals surface area contributed by atoms with Crippen molar-refractivity contribution in [2.24, 2.45) is 0 Å².